The van der Waals surface area contributed by atoms with Crippen molar-refractivity contribution >= 4 is 35.6 Å². The molecule has 0 aliphatic carbocycles. The second kappa shape index (κ2) is 9.01. The Bertz CT molecular complexity index is 586. The van der Waals surface area contributed by atoms with Crippen LogP contribution in [0.4, 0.5) is 11.4 Å². The third-order valence-corrected chi connectivity index (χ3v) is 4.17. The third-order valence-electron chi connectivity index (χ3n) is 4.17. The van der Waals surface area contributed by atoms with Crippen LogP contribution in [-0.4, -0.2) is 30.6 Å². The standard InChI is InChI=1S/C17H25N3O3.ClH/c1-3-5-15(21)19-13-6-4-7-14(12(13)2)20-16(22)17(18)8-10-23-11-9-17;/h4,6-7H,3,5,8-11,18H2,1-2H3,(H,19,21)(H,20,22);1H. The zero-order chi connectivity index (χ0) is 16.9. The number of amides is 2. The van der Waals surface area contributed by atoms with Crippen molar-refractivity contribution in [3.8, 4) is 0 Å². The zero-order valence-electron chi connectivity index (χ0n) is 14.2. The highest BCUT2D eigenvalue weighted by Crippen LogP contribution is 2.26. The van der Waals surface area contributed by atoms with Gasteiger partial charge >= 0.3 is 0 Å². The minimum atomic E-state index is -0.897. The van der Waals surface area contributed by atoms with Gasteiger partial charge in [0.15, 0.2) is 0 Å². The fourth-order valence-corrected chi connectivity index (χ4v) is 2.56. The Morgan fingerprint density at radius 3 is 2.38 bits per heavy atom. The number of hydrogen-bond acceptors (Lipinski definition) is 4. The summed E-state index contributed by atoms with van der Waals surface area (Å²) in [6, 6.07) is 5.44. The molecular formula is C17H26ClN3O3. The van der Waals surface area contributed by atoms with E-state index in [0.29, 0.717) is 43.9 Å². The van der Waals surface area contributed by atoms with Crippen LogP contribution in [-0.2, 0) is 14.3 Å². The van der Waals surface area contributed by atoms with Crippen LogP contribution in [0.2, 0.25) is 0 Å². The van der Waals surface area contributed by atoms with E-state index in [2.05, 4.69) is 10.6 Å². The monoisotopic (exact) mass is 355 g/mol. The van der Waals surface area contributed by atoms with Crippen LogP contribution in [0.3, 0.4) is 0 Å². The second-order valence-corrected chi connectivity index (χ2v) is 6.00. The summed E-state index contributed by atoms with van der Waals surface area (Å²) in [5.74, 6) is -0.236. The first-order valence-corrected chi connectivity index (χ1v) is 8.04. The first kappa shape index (κ1) is 20.4. The van der Waals surface area contributed by atoms with Gasteiger partial charge in [-0.3, -0.25) is 9.59 Å². The molecule has 1 aliphatic rings. The fraction of sp³-hybridized carbons (Fsp3) is 0.529. The van der Waals surface area contributed by atoms with Crippen molar-refractivity contribution < 1.29 is 14.3 Å². The van der Waals surface area contributed by atoms with E-state index < -0.39 is 5.54 Å². The van der Waals surface area contributed by atoms with E-state index in [1.165, 1.54) is 0 Å². The quantitative estimate of drug-likeness (QED) is 0.756. The summed E-state index contributed by atoms with van der Waals surface area (Å²) in [5.41, 5.74) is 7.50. The lowest BCUT2D eigenvalue weighted by Gasteiger charge is -2.32. The first-order chi connectivity index (χ1) is 11.0. The molecule has 1 saturated heterocycles. The molecule has 0 unspecified atom stereocenters. The van der Waals surface area contributed by atoms with E-state index in [0.717, 1.165) is 12.0 Å². The molecule has 24 heavy (non-hydrogen) atoms. The molecule has 7 heteroatoms. The summed E-state index contributed by atoms with van der Waals surface area (Å²) in [4.78, 5) is 24.3. The number of carbonyl (C=O) groups is 2. The van der Waals surface area contributed by atoms with E-state index in [1.54, 1.807) is 6.07 Å². The van der Waals surface area contributed by atoms with Crippen molar-refractivity contribution in [2.24, 2.45) is 5.73 Å². The van der Waals surface area contributed by atoms with Gasteiger partial charge in [0.25, 0.3) is 0 Å². The van der Waals surface area contributed by atoms with Gasteiger partial charge in [0.2, 0.25) is 11.8 Å². The Kier molecular flexibility index (Phi) is 7.66. The predicted octanol–water partition coefficient (Wildman–Crippen LogP) is 2.60. The average Bonchev–Trinajstić information content (AvgIpc) is 2.52. The van der Waals surface area contributed by atoms with Crippen molar-refractivity contribution in [2.45, 2.75) is 45.1 Å². The maximum atomic E-state index is 12.5. The van der Waals surface area contributed by atoms with Crippen molar-refractivity contribution in [3.05, 3.63) is 23.8 Å². The van der Waals surface area contributed by atoms with Gasteiger partial charge in [-0.15, -0.1) is 12.4 Å². The topological polar surface area (TPSA) is 93.5 Å². The van der Waals surface area contributed by atoms with Crippen LogP contribution in [0.25, 0.3) is 0 Å². The molecule has 0 spiro atoms. The molecule has 1 fully saturated rings. The van der Waals surface area contributed by atoms with Crippen LogP contribution in [0, 0.1) is 6.92 Å². The van der Waals surface area contributed by atoms with Crippen molar-refractivity contribution in [1.82, 2.24) is 0 Å². The second-order valence-electron chi connectivity index (χ2n) is 6.00. The maximum absolute atomic E-state index is 12.5. The molecule has 0 atom stereocenters. The molecule has 2 rings (SSSR count). The number of rotatable bonds is 5. The Morgan fingerprint density at radius 1 is 1.21 bits per heavy atom. The minimum absolute atomic E-state index is 0. The smallest absolute Gasteiger partial charge is 0.244 e. The molecule has 6 nitrogen and oxygen atoms in total. The van der Waals surface area contributed by atoms with Gasteiger partial charge in [-0.2, -0.15) is 0 Å². The van der Waals surface area contributed by atoms with Gasteiger partial charge in [0.05, 0.1) is 0 Å². The lowest BCUT2D eigenvalue weighted by molar-refractivity contribution is -0.124. The van der Waals surface area contributed by atoms with Crippen LogP contribution >= 0.6 is 12.4 Å². The SMILES string of the molecule is CCCC(=O)Nc1cccc(NC(=O)C2(N)CCOCC2)c1C.Cl. The highest BCUT2D eigenvalue weighted by Gasteiger charge is 2.36. The maximum Gasteiger partial charge on any atom is 0.244 e. The van der Waals surface area contributed by atoms with Crippen LogP contribution in [0.5, 0.6) is 0 Å². The summed E-state index contributed by atoms with van der Waals surface area (Å²) in [6.07, 6.45) is 2.27. The average molecular weight is 356 g/mol. The van der Waals surface area contributed by atoms with Crippen molar-refractivity contribution in [3.63, 3.8) is 0 Å². The summed E-state index contributed by atoms with van der Waals surface area (Å²) in [5, 5.41) is 5.77. The lowest BCUT2D eigenvalue weighted by Crippen LogP contribution is -2.54. The van der Waals surface area contributed by atoms with Gasteiger partial charge in [-0.1, -0.05) is 13.0 Å². The van der Waals surface area contributed by atoms with Crippen LogP contribution < -0.4 is 16.4 Å². The molecule has 0 radical (unpaired) electrons. The van der Waals surface area contributed by atoms with E-state index in [1.807, 2.05) is 26.0 Å². The largest absolute Gasteiger partial charge is 0.381 e. The number of nitrogens with two attached hydrogens (primary N) is 1. The van der Waals surface area contributed by atoms with Gasteiger partial charge in [-0.25, -0.2) is 0 Å². The number of hydrogen-bond donors (Lipinski definition) is 3. The predicted molar refractivity (Wildman–Crippen MR) is 97.6 cm³/mol. The number of benzene rings is 1. The minimum Gasteiger partial charge on any atom is -0.381 e. The molecule has 0 bridgehead atoms. The van der Waals surface area contributed by atoms with Gasteiger partial charge < -0.3 is 21.1 Å². The van der Waals surface area contributed by atoms with E-state index >= 15 is 0 Å². The molecule has 0 saturated carbocycles. The summed E-state index contributed by atoms with van der Waals surface area (Å²) in [7, 11) is 0. The molecule has 1 heterocycles. The van der Waals surface area contributed by atoms with Crippen molar-refractivity contribution in [1.29, 1.82) is 0 Å². The first-order valence-electron chi connectivity index (χ1n) is 8.04. The molecule has 1 aliphatic heterocycles. The Morgan fingerprint density at radius 2 is 1.79 bits per heavy atom. The molecule has 4 N–H and O–H groups in total. The third kappa shape index (κ3) is 4.93. The fourth-order valence-electron chi connectivity index (χ4n) is 2.56. The zero-order valence-corrected chi connectivity index (χ0v) is 15.0. The van der Waals surface area contributed by atoms with Crippen LogP contribution in [0.1, 0.15) is 38.2 Å². The summed E-state index contributed by atoms with van der Waals surface area (Å²) >= 11 is 0. The van der Waals surface area contributed by atoms with E-state index in [9.17, 15) is 9.59 Å². The molecular weight excluding hydrogens is 330 g/mol. The normalized spacial score (nSPS) is 16.0. The molecule has 0 aromatic heterocycles. The number of halogens is 1. The Hall–Kier alpha value is -1.63. The number of nitrogens with one attached hydrogen (secondary N) is 2. The number of anilines is 2. The number of ether oxygens (including phenoxy) is 1. The summed E-state index contributed by atoms with van der Waals surface area (Å²) < 4.78 is 5.27. The van der Waals surface area contributed by atoms with Crippen molar-refractivity contribution in [2.75, 3.05) is 23.8 Å². The lowest BCUT2D eigenvalue weighted by atomic mass is 9.90. The molecule has 2 amide bonds. The molecule has 1 aromatic rings. The highest BCUT2D eigenvalue weighted by molar-refractivity contribution is 6.00. The Balaban J connectivity index is 0.00000288. The highest BCUT2D eigenvalue weighted by atomic mass is 35.5. The van der Waals surface area contributed by atoms with E-state index in [-0.39, 0.29) is 24.2 Å². The van der Waals surface area contributed by atoms with Gasteiger partial charge in [0.1, 0.15) is 5.54 Å². The van der Waals surface area contributed by atoms with E-state index in [4.69, 9.17) is 10.5 Å². The Labute approximate surface area is 148 Å². The van der Waals surface area contributed by atoms with Gasteiger partial charge in [0, 0.05) is 31.0 Å². The van der Waals surface area contributed by atoms with Gasteiger partial charge in [-0.05, 0) is 43.9 Å². The summed E-state index contributed by atoms with van der Waals surface area (Å²) in [6.45, 7) is 4.81. The number of carbonyl (C=O) groups excluding carboxylic acids is 2. The van der Waals surface area contributed by atoms with Crippen LogP contribution in [0.15, 0.2) is 18.2 Å². The molecule has 1 aromatic carbocycles. The molecule has 134 valence electrons.